The molecule has 6 heteroatoms. The lowest BCUT2D eigenvalue weighted by Gasteiger charge is -2.09. The third-order valence-corrected chi connectivity index (χ3v) is 10.9. The van der Waals surface area contributed by atoms with E-state index in [0.717, 1.165) is 69.9 Å². The first kappa shape index (κ1) is 29.9. The van der Waals surface area contributed by atoms with Crippen LogP contribution in [0, 0.1) is 11.3 Å². The molecule has 3 heterocycles. The van der Waals surface area contributed by atoms with E-state index in [0.29, 0.717) is 23.0 Å². The Morgan fingerprint density at radius 3 is 1.88 bits per heavy atom. The number of aromatic nitrogens is 3. The lowest BCUT2D eigenvalue weighted by molar-refractivity contribution is 0.669. The second-order valence-corrected chi connectivity index (χ2v) is 13.7. The highest BCUT2D eigenvalue weighted by atomic mass is 32.1. The van der Waals surface area contributed by atoms with Gasteiger partial charge in [0, 0.05) is 42.9 Å². The lowest BCUT2D eigenvalue weighted by Crippen LogP contribution is -2.00. The van der Waals surface area contributed by atoms with Crippen molar-refractivity contribution < 1.29 is 4.42 Å². The van der Waals surface area contributed by atoms with E-state index in [9.17, 15) is 5.26 Å². The molecule has 0 saturated heterocycles. The molecule has 52 heavy (non-hydrogen) atoms. The third-order valence-electron chi connectivity index (χ3n) is 9.59. The first-order valence-electron chi connectivity index (χ1n) is 17.0. The van der Waals surface area contributed by atoms with Crippen molar-refractivity contribution in [3.63, 3.8) is 0 Å². The second kappa shape index (κ2) is 12.1. The molecule has 10 aromatic rings. The average molecular weight is 683 g/mol. The monoisotopic (exact) mass is 682 g/mol. The second-order valence-electron chi connectivity index (χ2n) is 12.7. The van der Waals surface area contributed by atoms with E-state index in [-0.39, 0.29) is 0 Å². The molecule has 0 saturated carbocycles. The van der Waals surface area contributed by atoms with Crippen molar-refractivity contribution in [1.82, 2.24) is 15.0 Å². The summed E-state index contributed by atoms with van der Waals surface area (Å²) in [7, 11) is 0. The summed E-state index contributed by atoms with van der Waals surface area (Å²) in [5.74, 6) is 1.71. The van der Waals surface area contributed by atoms with Crippen LogP contribution in [0.25, 0.3) is 98.5 Å². The molecule has 10 rings (SSSR count). The van der Waals surface area contributed by atoms with Gasteiger partial charge in [0.1, 0.15) is 17.2 Å². The highest BCUT2D eigenvalue weighted by molar-refractivity contribution is 7.26. The van der Waals surface area contributed by atoms with Crippen LogP contribution in [0.15, 0.2) is 162 Å². The first-order chi connectivity index (χ1) is 25.7. The minimum atomic E-state index is 0.554. The number of thiophene rings is 1. The van der Waals surface area contributed by atoms with Crippen molar-refractivity contribution in [1.29, 1.82) is 5.26 Å². The van der Waals surface area contributed by atoms with E-state index in [1.807, 2.05) is 66.7 Å². The van der Waals surface area contributed by atoms with E-state index in [2.05, 4.69) is 97.1 Å². The minimum absolute atomic E-state index is 0.554. The van der Waals surface area contributed by atoms with Gasteiger partial charge in [-0.3, -0.25) is 0 Å². The fourth-order valence-corrected chi connectivity index (χ4v) is 8.40. The first-order valence-corrected chi connectivity index (χ1v) is 17.8. The number of nitrogens with zero attached hydrogens (tertiary/aromatic N) is 4. The summed E-state index contributed by atoms with van der Waals surface area (Å²) in [5.41, 5.74) is 9.47. The van der Waals surface area contributed by atoms with Crippen molar-refractivity contribution in [3.05, 3.63) is 163 Å². The van der Waals surface area contributed by atoms with Gasteiger partial charge in [0.05, 0.1) is 10.3 Å². The largest absolute Gasteiger partial charge is 0.456 e. The topological polar surface area (TPSA) is 75.6 Å². The summed E-state index contributed by atoms with van der Waals surface area (Å²) in [6.07, 6.45) is 0. The smallest absolute Gasteiger partial charge is 0.165 e. The van der Waals surface area contributed by atoms with Crippen molar-refractivity contribution in [3.8, 4) is 62.5 Å². The van der Waals surface area contributed by atoms with E-state index in [1.165, 1.54) is 11.1 Å². The van der Waals surface area contributed by atoms with Crippen molar-refractivity contribution in [2.24, 2.45) is 0 Å². The standard InChI is InChI=1S/C46H26N4OS/c47-27-33-17-8-19-35-36-20-9-21-38(43(36)52-42(33)35)46-49-44(29-13-5-2-6-14-29)48-45(50-46)32-23-24-37-40(26-32)51-39-22-10-18-34(41(37)39)31-16-7-15-30(25-31)28-11-3-1-4-12-28/h1-26H. The van der Waals surface area contributed by atoms with Gasteiger partial charge in [-0.05, 0) is 58.7 Å². The molecule has 0 bridgehead atoms. The van der Waals surface area contributed by atoms with Gasteiger partial charge in [-0.2, -0.15) is 5.26 Å². The molecule has 0 atom stereocenters. The van der Waals surface area contributed by atoms with Gasteiger partial charge in [-0.25, -0.2) is 15.0 Å². The van der Waals surface area contributed by atoms with Gasteiger partial charge in [-0.15, -0.1) is 11.3 Å². The van der Waals surface area contributed by atoms with Gasteiger partial charge in [0.25, 0.3) is 0 Å². The van der Waals surface area contributed by atoms with Gasteiger partial charge in [-0.1, -0.05) is 121 Å². The van der Waals surface area contributed by atoms with E-state index in [1.54, 1.807) is 11.3 Å². The molecule has 0 aliphatic carbocycles. The van der Waals surface area contributed by atoms with Crippen LogP contribution in [0.4, 0.5) is 0 Å². The number of hydrogen-bond acceptors (Lipinski definition) is 6. The molecule has 0 radical (unpaired) electrons. The Morgan fingerprint density at radius 1 is 0.442 bits per heavy atom. The van der Waals surface area contributed by atoms with Gasteiger partial charge >= 0.3 is 0 Å². The van der Waals surface area contributed by atoms with Gasteiger partial charge < -0.3 is 4.42 Å². The highest BCUT2D eigenvalue weighted by Crippen LogP contribution is 2.42. The van der Waals surface area contributed by atoms with Crippen LogP contribution >= 0.6 is 11.3 Å². The molecule has 0 spiro atoms. The lowest BCUT2D eigenvalue weighted by atomic mass is 9.96. The molecule has 0 aliphatic rings. The molecule has 0 N–H and O–H groups in total. The zero-order chi connectivity index (χ0) is 34.6. The summed E-state index contributed by atoms with van der Waals surface area (Å²) in [6.45, 7) is 0. The fourth-order valence-electron chi connectivity index (χ4n) is 7.13. The van der Waals surface area contributed by atoms with E-state index >= 15 is 0 Å². The molecule has 5 nitrogen and oxygen atoms in total. The number of nitriles is 1. The number of fused-ring (bicyclic) bond motifs is 6. The van der Waals surface area contributed by atoms with Crippen molar-refractivity contribution >= 4 is 53.4 Å². The maximum absolute atomic E-state index is 9.84. The summed E-state index contributed by atoms with van der Waals surface area (Å²) >= 11 is 1.60. The highest BCUT2D eigenvalue weighted by Gasteiger charge is 2.19. The Labute approximate surface area is 302 Å². The van der Waals surface area contributed by atoms with E-state index in [4.69, 9.17) is 19.4 Å². The summed E-state index contributed by atoms with van der Waals surface area (Å²) in [4.78, 5) is 15.1. The van der Waals surface area contributed by atoms with Crippen LogP contribution < -0.4 is 0 Å². The molecule has 0 amide bonds. The van der Waals surface area contributed by atoms with Crippen molar-refractivity contribution in [2.75, 3.05) is 0 Å². The molecule has 3 aromatic heterocycles. The van der Waals surface area contributed by atoms with Crippen LogP contribution in [0.5, 0.6) is 0 Å². The quantitative estimate of drug-likeness (QED) is 0.181. The summed E-state index contributed by atoms with van der Waals surface area (Å²) in [5, 5.41) is 14.1. The van der Waals surface area contributed by atoms with Crippen molar-refractivity contribution in [2.45, 2.75) is 0 Å². The minimum Gasteiger partial charge on any atom is -0.456 e. The summed E-state index contributed by atoms with van der Waals surface area (Å²) in [6, 6.07) is 56.0. The Hall–Kier alpha value is -6.94. The Bertz CT molecular complexity index is 3030. The molecule has 0 unspecified atom stereocenters. The third kappa shape index (κ3) is 4.95. The zero-order valence-electron chi connectivity index (χ0n) is 27.6. The molecule has 0 fully saturated rings. The fraction of sp³-hybridized carbons (Fsp3) is 0. The normalized spacial score (nSPS) is 11.4. The molecular formula is C46H26N4OS. The Kier molecular flexibility index (Phi) is 6.98. The number of hydrogen-bond donors (Lipinski definition) is 0. The number of benzene rings is 7. The molecule has 0 aliphatic heterocycles. The Morgan fingerprint density at radius 2 is 1.08 bits per heavy atom. The molecular weight excluding hydrogens is 657 g/mol. The van der Waals surface area contributed by atoms with Crippen LogP contribution in [-0.4, -0.2) is 15.0 Å². The van der Waals surface area contributed by atoms with Gasteiger partial charge in [0.2, 0.25) is 0 Å². The molecule has 7 aromatic carbocycles. The van der Waals surface area contributed by atoms with E-state index < -0.39 is 0 Å². The zero-order valence-corrected chi connectivity index (χ0v) is 28.4. The SMILES string of the molecule is N#Cc1cccc2c1sc1c(-c3nc(-c4ccccc4)nc(-c4ccc5c(c4)oc4cccc(-c6cccc(-c7ccccc7)c6)c45)n3)cccc12. The van der Waals surface area contributed by atoms with Crippen LogP contribution in [0.3, 0.4) is 0 Å². The number of rotatable bonds is 5. The maximum Gasteiger partial charge on any atom is 0.165 e. The number of furan rings is 1. The maximum atomic E-state index is 9.84. The Balaban J connectivity index is 1.14. The van der Waals surface area contributed by atoms with Crippen LogP contribution in [0.2, 0.25) is 0 Å². The average Bonchev–Trinajstić information content (AvgIpc) is 3.80. The molecule has 242 valence electrons. The van der Waals surface area contributed by atoms with Crippen LogP contribution in [0.1, 0.15) is 5.56 Å². The van der Waals surface area contributed by atoms with Crippen LogP contribution in [-0.2, 0) is 0 Å². The predicted octanol–water partition coefficient (Wildman–Crippen LogP) is 12.3. The predicted molar refractivity (Wildman–Crippen MR) is 212 cm³/mol. The van der Waals surface area contributed by atoms with Gasteiger partial charge in [0.15, 0.2) is 17.5 Å². The summed E-state index contributed by atoms with van der Waals surface area (Å²) < 4.78 is 8.54.